The van der Waals surface area contributed by atoms with Gasteiger partial charge in [-0.1, -0.05) is 6.07 Å². The summed E-state index contributed by atoms with van der Waals surface area (Å²) in [6, 6.07) is 6.63. The van der Waals surface area contributed by atoms with Crippen molar-refractivity contribution >= 4 is 35.0 Å². The van der Waals surface area contributed by atoms with Gasteiger partial charge in [-0.15, -0.1) is 12.4 Å². The maximum Gasteiger partial charge on any atom is 0.433 e. The van der Waals surface area contributed by atoms with Gasteiger partial charge in [0.1, 0.15) is 23.7 Å². The predicted octanol–water partition coefficient (Wildman–Crippen LogP) is 3.86. The molecule has 8 nitrogen and oxygen atoms in total. The normalized spacial score (nSPS) is 16.4. The molecule has 38 heavy (non-hydrogen) atoms. The van der Waals surface area contributed by atoms with Crippen molar-refractivity contribution in [1.82, 2.24) is 24.6 Å². The lowest BCUT2D eigenvalue weighted by molar-refractivity contribution is -0.141. The molecule has 0 radical (unpaired) electrons. The van der Waals surface area contributed by atoms with Crippen molar-refractivity contribution in [3.05, 3.63) is 53.5 Å². The van der Waals surface area contributed by atoms with Gasteiger partial charge >= 0.3 is 6.18 Å². The van der Waals surface area contributed by atoms with Gasteiger partial charge in [-0.3, -0.25) is 19.2 Å². The average Bonchev–Trinajstić information content (AvgIpc) is 3.60. The number of halogens is 4. The number of fused-ring (bicyclic) bond motifs is 1. The molecule has 2 aromatic heterocycles. The largest absolute Gasteiger partial charge is 0.496 e. The van der Waals surface area contributed by atoms with Crippen LogP contribution in [0.1, 0.15) is 34.6 Å². The van der Waals surface area contributed by atoms with Gasteiger partial charge in [0.2, 0.25) is 5.91 Å². The van der Waals surface area contributed by atoms with Gasteiger partial charge in [-0.2, -0.15) is 18.3 Å². The van der Waals surface area contributed by atoms with E-state index < -0.39 is 17.7 Å². The van der Waals surface area contributed by atoms with Crippen LogP contribution in [0.4, 0.5) is 13.2 Å². The molecule has 2 aliphatic rings. The SMILES string of the molecule is COc1cc2nn(CC(=O)N3CCN(CC4CC4)CC3)cc2cc1CC(=O)c1cccc(C(F)(F)F)n1.Cl. The van der Waals surface area contributed by atoms with E-state index >= 15 is 0 Å². The van der Waals surface area contributed by atoms with E-state index in [1.165, 1.54) is 26.0 Å². The Labute approximate surface area is 224 Å². The second-order valence-corrected chi connectivity index (χ2v) is 9.68. The van der Waals surface area contributed by atoms with Gasteiger partial charge in [-0.05, 0) is 37.0 Å². The molecule has 1 aliphatic heterocycles. The first-order valence-electron chi connectivity index (χ1n) is 12.3. The third-order valence-corrected chi connectivity index (χ3v) is 6.87. The molecule has 0 unspecified atom stereocenters. The number of piperazine rings is 1. The number of carbonyl (C=O) groups is 2. The van der Waals surface area contributed by atoms with Crippen LogP contribution < -0.4 is 4.74 Å². The Morgan fingerprint density at radius 2 is 1.84 bits per heavy atom. The fourth-order valence-electron chi connectivity index (χ4n) is 4.66. The minimum atomic E-state index is -4.64. The third kappa shape index (κ3) is 6.44. The second kappa shape index (κ2) is 11.3. The number of Topliss-reactive ketones (excluding diaryl/α,β-unsaturated/α-hetero) is 1. The number of nitrogens with zero attached hydrogens (tertiary/aromatic N) is 5. The lowest BCUT2D eigenvalue weighted by Gasteiger charge is -2.34. The third-order valence-electron chi connectivity index (χ3n) is 6.87. The van der Waals surface area contributed by atoms with Crippen molar-refractivity contribution in [2.24, 2.45) is 5.92 Å². The van der Waals surface area contributed by atoms with E-state index in [0.29, 0.717) is 35.3 Å². The highest BCUT2D eigenvalue weighted by atomic mass is 35.5. The highest BCUT2D eigenvalue weighted by molar-refractivity contribution is 5.97. The molecule has 2 fully saturated rings. The fourth-order valence-corrected chi connectivity index (χ4v) is 4.66. The molecule has 0 atom stereocenters. The summed E-state index contributed by atoms with van der Waals surface area (Å²) in [5.41, 5.74) is -0.296. The van der Waals surface area contributed by atoms with Crippen LogP contribution in [0.2, 0.25) is 0 Å². The molecular weight excluding hydrogens is 523 g/mol. The van der Waals surface area contributed by atoms with Crippen LogP contribution >= 0.6 is 12.4 Å². The summed E-state index contributed by atoms with van der Waals surface area (Å²) in [6.07, 6.45) is -0.470. The molecule has 0 bridgehead atoms. The van der Waals surface area contributed by atoms with E-state index in [1.54, 1.807) is 23.0 Å². The van der Waals surface area contributed by atoms with Crippen molar-refractivity contribution in [2.75, 3.05) is 39.8 Å². The Balaban J connectivity index is 0.00000336. The van der Waals surface area contributed by atoms with Crippen LogP contribution in [0.25, 0.3) is 10.9 Å². The van der Waals surface area contributed by atoms with Gasteiger partial charge in [0, 0.05) is 62.4 Å². The molecule has 1 saturated heterocycles. The summed E-state index contributed by atoms with van der Waals surface area (Å²) in [7, 11) is 1.45. The summed E-state index contributed by atoms with van der Waals surface area (Å²) < 4.78 is 46.0. The Kier molecular flexibility index (Phi) is 8.27. The molecule has 1 amide bonds. The van der Waals surface area contributed by atoms with Crippen molar-refractivity contribution in [2.45, 2.75) is 32.0 Å². The summed E-state index contributed by atoms with van der Waals surface area (Å²) in [5.74, 6) is 0.650. The van der Waals surface area contributed by atoms with Crippen molar-refractivity contribution in [1.29, 1.82) is 0 Å². The molecule has 204 valence electrons. The molecule has 1 aliphatic carbocycles. The van der Waals surface area contributed by atoms with Gasteiger partial charge in [0.25, 0.3) is 0 Å². The van der Waals surface area contributed by atoms with E-state index in [1.807, 2.05) is 4.90 Å². The molecule has 3 heterocycles. The highest BCUT2D eigenvalue weighted by Crippen LogP contribution is 2.30. The van der Waals surface area contributed by atoms with Gasteiger partial charge < -0.3 is 9.64 Å². The average molecular weight is 552 g/mol. The number of alkyl halides is 3. The number of carbonyl (C=O) groups excluding carboxylic acids is 2. The number of methoxy groups -OCH3 is 1. The number of hydrogen-bond acceptors (Lipinski definition) is 6. The Morgan fingerprint density at radius 1 is 1.11 bits per heavy atom. The monoisotopic (exact) mass is 551 g/mol. The van der Waals surface area contributed by atoms with Gasteiger partial charge in [0.05, 0.1) is 12.6 Å². The van der Waals surface area contributed by atoms with Gasteiger partial charge in [0.15, 0.2) is 5.78 Å². The zero-order chi connectivity index (χ0) is 26.2. The van der Waals surface area contributed by atoms with E-state index in [0.717, 1.165) is 37.7 Å². The van der Waals surface area contributed by atoms with E-state index in [4.69, 9.17) is 4.74 Å². The molecule has 0 spiro atoms. The molecule has 1 aromatic carbocycles. The van der Waals surface area contributed by atoms with Crippen molar-refractivity contribution < 1.29 is 27.5 Å². The second-order valence-electron chi connectivity index (χ2n) is 9.68. The quantitative estimate of drug-likeness (QED) is 0.396. The lowest BCUT2D eigenvalue weighted by atomic mass is 10.0. The van der Waals surface area contributed by atoms with Crippen LogP contribution in [0.15, 0.2) is 36.5 Å². The van der Waals surface area contributed by atoms with Crippen molar-refractivity contribution in [3.63, 3.8) is 0 Å². The smallest absolute Gasteiger partial charge is 0.433 e. The number of benzene rings is 1. The summed E-state index contributed by atoms with van der Waals surface area (Å²) >= 11 is 0. The van der Waals surface area contributed by atoms with Gasteiger partial charge in [-0.25, -0.2) is 4.98 Å². The Bertz CT molecular complexity index is 1320. The van der Waals surface area contributed by atoms with Crippen molar-refractivity contribution in [3.8, 4) is 5.75 Å². The molecular formula is C26H29ClF3N5O3. The molecule has 0 N–H and O–H groups in total. The number of ether oxygens (including phenoxy) is 1. The summed E-state index contributed by atoms with van der Waals surface area (Å²) in [4.78, 5) is 33.4. The summed E-state index contributed by atoms with van der Waals surface area (Å²) in [6.45, 7) is 4.41. The molecule has 12 heteroatoms. The topological polar surface area (TPSA) is 80.6 Å². The van der Waals surface area contributed by atoms with E-state index in [9.17, 15) is 22.8 Å². The highest BCUT2D eigenvalue weighted by Gasteiger charge is 2.33. The summed E-state index contributed by atoms with van der Waals surface area (Å²) in [5, 5.41) is 5.19. The minimum absolute atomic E-state index is 0. The first-order valence-corrected chi connectivity index (χ1v) is 12.3. The number of amides is 1. The number of pyridine rings is 1. The maximum atomic E-state index is 13.0. The van der Waals surface area contributed by atoms with Crippen LogP contribution in [-0.4, -0.2) is 76.1 Å². The molecule has 3 aromatic rings. The lowest BCUT2D eigenvalue weighted by Crippen LogP contribution is -2.49. The predicted molar refractivity (Wildman–Crippen MR) is 137 cm³/mol. The Morgan fingerprint density at radius 3 is 2.50 bits per heavy atom. The van der Waals surface area contributed by atoms with Crippen LogP contribution in [-0.2, 0) is 23.9 Å². The maximum absolute atomic E-state index is 13.0. The zero-order valence-corrected chi connectivity index (χ0v) is 21.7. The molecule has 5 rings (SSSR count). The first-order chi connectivity index (χ1) is 17.7. The number of hydrogen-bond donors (Lipinski definition) is 0. The van der Waals surface area contributed by atoms with Crippen LogP contribution in [0.5, 0.6) is 5.75 Å². The standard InChI is InChI=1S/C26H28F3N5O3.ClH/c1-37-23-13-21-19(11-18(23)12-22(35)20-3-2-4-24(30-20)26(27,28)29)15-34(31-21)16-25(36)33-9-7-32(8-10-33)14-17-5-6-17;/h2-4,11,13,15,17H,5-10,12,14,16H2,1H3;1H. The van der Waals surface area contributed by atoms with Crippen LogP contribution in [0.3, 0.4) is 0 Å². The minimum Gasteiger partial charge on any atom is -0.496 e. The molecule has 1 saturated carbocycles. The Hall–Kier alpha value is -3.18. The number of aromatic nitrogens is 3. The van der Waals surface area contributed by atoms with Crippen LogP contribution in [0, 0.1) is 5.92 Å². The zero-order valence-electron chi connectivity index (χ0n) is 20.9. The fraction of sp³-hybridized carbons (Fsp3) is 0.462. The number of ketones is 1. The van der Waals surface area contributed by atoms with E-state index in [-0.39, 0.29) is 37.0 Å². The first kappa shape index (κ1) is 27.8. The van der Waals surface area contributed by atoms with E-state index in [2.05, 4.69) is 15.0 Å². The number of rotatable bonds is 8.